The van der Waals surface area contributed by atoms with Crippen molar-refractivity contribution in [2.24, 2.45) is 7.05 Å². The molecule has 0 radical (unpaired) electrons. The summed E-state index contributed by atoms with van der Waals surface area (Å²) in [5.41, 5.74) is 1.96. The molecule has 126 valence electrons. The number of hydrogen-bond donors (Lipinski definition) is 0. The van der Waals surface area contributed by atoms with Crippen LogP contribution in [0.3, 0.4) is 0 Å². The normalized spacial score (nSPS) is 18.7. The van der Waals surface area contributed by atoms with Crippen LogP contribution in [0.4, 0.5) is 0 Å². The Bertz CT molecular complexity index is 926. The van der Waals surface area contributed by atoms with Crippen LogP contribution < -0.4 is 5.56 Å². The van der Waals surface area contributed by atoms with Gasteiger partial charge in [0.15, 0.2) is 0 Å². The fourth-order valence-electron chi connectivity index (χ4n) is 3.33. The van der Waals surface area contributed by atoms with Crippen molar-refractivity contribution in [2.75, 3.05) is 6.54 Å². The van der Waals surface area contributed by atoms with E-state index in [-0.39, 0.29) is 5.56 Å². The monoisotopic (exact) mass is 344 g/mol. The zero-order valence-electron chi connectivity index (χ0n) is 13.8. The zero-order valence-corrected chi connectivity index (χ0v) is 14.7. The largest absolute Gasteiger partial charge is 0.290 e. The average molecular weight is 344 g/mol. The molecule has 3 aromatic rings. The maximum atomic E-state index is 12.3. The van der Waals surface area contributed by atoms with Crippen LogP contribution in [0.1, 0.15) is 42.1 Å². The van der Waals surface area contributed by atoms with Gasteiger partial charge >= 0.3 is 0 Å². The summed E-state index contributed by atoms with van der Waals surface area (Å²) in [6.45, 7) is 3.74. The highest BCUT2D eigenvalue weighted by Crippen LogP contribution is 2.32. The molecule has 8 heteroatoms. The van der Waals surface area contributed by atoms with Gasteiger partial charge in [0.05, 0.1) is 11.9 Å². The predicted octanol–water partition coefficient (Wildman–Crippen LogP) is 1.78. The van der Waals surface area contributed by atoms with Crippen LogP contribution in [0, 0.1) is 0 Å². The topological polar surface area (TPSA) is 68.3 Å². The summed E-state index contributed by atoms with van der Waals surface area (Å²) in [5.74, 6) is 0. The fraction of sp³-hybridized carbons (Fsp3) is 0.500. The van der Waals surface area contributed by atoms with E-state index < -0.39 is 0 Å². The Morgan fingerprint density at radius 2 is 2.29 bits per heavy atom. The van der Waals surface area contributed by atoms with Crippen molar-refractivity contribution in [3.8, 4) is 0 Å². The Kier molecular flexibility index (Phi) is 3.93. The lowest BCUT2D eigenvalue weighted by Gasteiger charge is -2.22. The van der Waals surface area contributed by atoms with Crippen LogP contribution in [0.15, 0.2) is 23.3 Å². The van der Waals surface area contributed by atoms with E-state index >= 15 is 0 Å². The molecule has 3 aromatic heterocycles. The molecule has 1 atom stereocenters. The van der Waals surface area contributed by atoms with Crippen molar-refractivity contribution in [1.29, 1.82) is 0 Å². The van der Waals surface area contributed by atoms with Crippen molar-refractivity contribution in [3.05, 3.63) is 45.1 Å². The van der Waals surface area contributed by atoms with Gasteiger partial charge in [-0.05, 0) is 25.8 Å². The lowest BCUT2D eigenvalue weighted by Crippen LogP contribution is -2.25. The van der Waals surface area contributed by atoms with E-state index in [0.717, 1.165) is 36.5 Å². The van der Waals surface area contributed by atoms with E-state index in [1.807, 2.05) is 24.9 Å². The second-order valence-electron chi connectivity index (χ2n) is 6.21. The van der Waals surface area contributed by atoms with Gasteiger partial charge < -0.3 is 0 Å². The standard InChI is InChI=1S/C16H20N6OS/c1-3-14-19-22-15(23)7-12(18-16(22)24-14)10-21-6-4-5-13(21)11-8-17-20(2)9-11/h7-9,13H,3-6,10H2,1-2H3/t13-/m0/s1. The van der Waals surface area contributed by atoms with Crippen LogP contribution in [0.2, 0.25) is 0 Å². The van der Waals surface area contributed by atoms with E-state index in [1.165, 1.54) is 21.4 Å². The molecular weight excluding hydrogens is 324 g/mol. The number of aryl methyl sites for hydroxylation is 2. The van der Waals surface area contributed by atoms with Gasteiger partial charge in [-0.25, -0.2) is 4.98 Å². The second kappa shape index (κ2) is 6.10. The first-order valence-corrected chi connectivity index (χ1v) is 9.07. The van der Waals surface area contributed by atoms with Crippen molar-refractivity contribution in [3.63, 3.8) is 0 Å². The minimum Gasteiger partial charge on any atom is -0.290 e. The average Bonchev–Trinajstić information content (AvgIpc) is 3.26. The molecule has 7 nitrogen and oxygen atoms in total. The summed E-state index contributed by atoms with van der Waals surface area (Å²) in [4.78, 5) is 20.0. The van der Waals surface area contributed by atoms with Crippen LogP contribution in [0.25, 0.3) is 4.96 Å². The third kappa shape index (κ3) is 2.76. The van der Waals surface area contributed by atoms with E-state index in [4.69, 9.17) is 0 Å². The molecule has 1 aliphatic rings. The SMILES string of the molecule is CCc1nn2c(=O)cc(CN3CCC[C@H]3c3cnn(C)c3)nc2s1. The summed E-state index contributed by atoms with van der Waals surface area (Å²) >= 11 is 1.49. The summed E-state index contributed by atoms with van der Waals surface area (Å²) in [6.07, 6.45) is 7.10. The van der Waals surface area contributed by atoms with Gasteiger partial charge in [0.25, 0.3) is 5.56 Å². The maximum Gasteiger partial charge on any atom is 0.275 e. The smallest absolute Gasteiger partial charge is 0.275 e. The Morgan fingerprint density at radius 1 is 1.42 bits per heavy atom. The van der Waals surface area contributed by atoms with Gasteiger partial charge in [-0.2, -0.15) is 14.7 Å². The van der Waals surface area contributed by atoms with E-state index in [0.29, 0.717) is 17.5 Å². The number of rotatable bonds is 4. The molecule has 0 aromatic carbocycles. The Morgan fingerprint density at radius 3 is 3.04 bits per heavy atom. The molecule has 0 N–H and O–H groups in total. The number of likely N-dealkylation sites (tertiary alicyclic amines) is 1. The Hall–Kier alpha value is -2.06. The van der Waals surface area contributed by atoms with Crippen LogP contribution in [-0.2, 0) is 20.0 Å². The second-order valence-corrected chi connectivity index (χ2v) is 7.25. The molecule has 4 rings (SSSR count). The molecule has 0 bridgehead atoms. The third-order valence-corrected chi connectivity index (χ3v) is 5.53. The van der Waals surface area contributed by atoms with E-state index in [1.54, 1.807) is 6.07 Å². The van der Waals surface area contributed by atoms with Gasteiger partial charge in [-0.1, -0.05) is 18.3 Å². The molecule has 1 aliphatic heterocycles. The summed E-state index contributed by atoms with van der Waals surface area (Å²) < 4.78 is 3.25. The molecule has 0 aliphatic carbocycles. The highest BCUT2D eigenvalue weighted by molar-refractivity contribution is 7.16. The van der Waals surface area contributed by atoms with E-state index in [9.17, 15) is 4.79 Å². The highest BCUT2D eigenvalue weighted by Gasteiger charge is 2.27. The lowest BCUT2D eigenvalue weighted by atomic mass is 10.1. The van der Waals surface area contributed by atoms with Gasteiger partial charge in [0, 0.05) is 37.5 Å². The lowest BCUT2D eigenvalue weighted by molar-refractivity contribution is 0.245. The molecule has 1 fully saturated rings. The Balaban J connectivity index is 1.62. The van der Waals surface area contributed by atoms with Crippen LogP contribution >= 0.6 is 11.3 Å². The van der Waals surface area contributed by atoms with Gasteiger partial charge in [0.2, 0.25) is 4.96 Å². The highest BCUT2D eigenvalue weighted by atomic mass is 32.1. The van der Waals surface area contributed by atoms with E-state index in [2.05, 4.69) is 26.3 Å². The summed E-state index contributed by atoms with van der Waals surface area (Å²) in [7, 11) is 1.94. The molecule has 1 saturated heterocycles. The molecule has 0 unspecified atom stereocenters. The molecular formula is C16H20N6OS. The number of nitrogens with zero attached hydrogens (tertiary/aromatic N) is 6. The van der Waals surface area contributed by atoms with Crippen molar-refractivity contribution in [2.45, 2.75) is 38.8 Å². The quantitative estimate of drug-likeness (QED) is 0.722. The molecule has 0 saturated carbocycles. The third-order valence-electron chi connectivity index (χ3n) is 4.48. The number of fused-ring (bicyclic) bond motifs is 1. The maximum absolute atomic E-state index is 12.3. The molecule has 0 amide bonds. The van der Waals surface area contributed by atoms with Crippen LogP contribution in [0.5, 0.6) is 0 Å². The first-order valence-electron chi connectivity index (χ1n) is 8.25. The number of aromatic nitrogens is 5. The zero-order chi connectivity index (χ0) is 16.7. The van der Waals surface area contributed by atoms with Gasteiger partial charge in [-0.3, -0.25) is 14.4 Å². The Labute approximate surface area is 143 Å². The van der Waals surface area contributed by atoms with Crippen molar-refractivity contribution >= 4 is 16.3 Å². The predicted molar refractivity (Wildman–Crippen MR) is 92.1 cm³/mol. The van der Waals surface area contributed by atoms with Crippen molar-refractivity contribution in [1.82, 2.24) is 29.3 Å². The summed E-state index contributed by atoms with van der Waals surface area (Å²) in [6, 6.07) is 1.97. The fourth-order valence-corrected chi connectivity index (χ4v) is 4.19. The van der Waals surface area contributed by atoms with Crippen molar-refractivity contribution < 1.29 is 0 Å². The number of hydrogen-bond acceptors (Lipinski definition) is 6. The van der Waals surface area contributed by atoms with Crippen LogP contribution in [-0.4, -0.2) is 35.8 Å². The molecule has 4 heterocycles. The minimum absolute atomic E-state index is 0.0944. The molecule has 0 spiro atoms. The van der Waals surface area contributed by atoms with Gasteiger partial charge in [0.1, 0.15) is 5.01 Å². The first kappa shape index (κ1) is 15.5. The minimum atomic E-state index is -0.0944. The van der Waals surface area contributed by atoms with Gasteiger partial charge in [-0.15, -0.1) is 0 Å². The first-order chi connectivity index (χ1) is 11.6. The molecule has 24 heavy (non-hydrogen) atoms. The summed E-state index contributed by atoms with van der Waals surface area (Å²) in [5, 5.41) is 9.53.